The molecular formula is C12H18N4O2. The lowest BCUT2D eigenvalue weighted by Gasteiger charge is -2.36. The Labute approximate surface area is 106 Å². The van der Waals surface area contributed by atoms with Crippen LogP contribution in [0, 0.1) is 0 Å². The second-order valence-corrected chi connectivity index (χ2v) is 4.05. The van der Waals surface area contributed by atoms with E-state index < -0.39 is 0 Å². The monoisotopic (exact) mass is 250 g/mol. The zero-order valence-corrected chi connectivity index (χ0v) is 10.6. The number of likely N-dealkylation sites (N-methyl/N-ethyl adjacent to an activating group) is 1. The number of aromatic nitrogens is 1. The van der Waals surface area contributed by atoms with Gasteiger partial charge in [0.1, 0.15) is 11.9 Å². The summed E-state index contributed by atoms with van der Waals surface area (Å²) in [6.45, 7) is 1.74. The smallest absolute Gasteiger partial charge is 0.244 e. The van der Waals surface area contributed by atoms with E-state index in [1.54, 1.807) is 13.2 Å². The lowest BCUT2D eigenvalue weighted by Crippen LogP contribution is -2.53. The number of amides is 1. The van der Waals surface area contributed by atoms with Crippen LogP contribution in [0.5, 0.6) is 0 Å². The van der Waals surface area contributed by atoms with E-state index in [1.165, 1.54) is 0 Å². The van der Waals surface area contributed by atoms with E-state index in [0.717, 1.165) is 11.5 Å². The molecule has 0 bridgehead atoms. The lowest BCUT2D eigenvalue weighted by molar-refractivity contribution is -0.124. The average Bonchev–Trinajstić information content (AvgIpc) is 2.46. The van der Waals surface area contributed by atoms with Gasteiger partial charge in [0.15, 0.2) is 0 Å². The minimum atomic E-state index is -0.282. The average molecular weight is 250 g/mol. The largest absolute Gasteiger partial charge is 0.377 e. The molecule has 2 heterocycles. The van der Waals surface area contributed by atoms with Crippen LogP contribution < -0.4 is 15.5 Å². The maximum absolute atomic E-state index is 11.8. The summed E-state index contributed by atoms with van der Waals surface area (Å²) in [4.78, 5) is 18.1. The first-order chi connectivity index (χ1) is 8.76. The molecule has 18 heavy (non-hydrogen) atoms. The van der Waals surface area contributed by atoms with E-state index >= 15 is 0 Å². The second kappa shape index (κ2) is 5.68. The fraction of sp³-hybridized carbons (Fsp3) is 0.500. The maximum Gasteiger partial charge on any atom is 0.244 e. The van der Waals surface area contributed by atoms with Crippen molar-refractivity contribution in [1.29, 1.82) is 0 Å². The summed E-state index contributed by atoms with van der Waals surface area (Å²) in [7, 11) is 3.46. The van der Waals surface area contributed by atoms with Crippen molar-refractivity contribution in [2.24, 2.45) is 0 Å². The van der Waals surface area contributed by atoms with Crippen LogP contribution in [-0.2, 0) is 9.53 Å². The summed E-state index contributed by atoms with van der Waals surface area (Å²) >= 11 is 0. The Hall–Kier alpha value is -1.82. The van der Waals surface area contributed by atoms with Gasteiger partial charge in [-0.05, 0) is 6.07 Å². The highest BCUT2D eigenvalue weighted by Gasteiger charge is 2.29. The normalized spacial score (nSPS) is 19.4. The number of anilines is 2. The summed E-state index contributed by atoms with van der Waals surface area (Å²) in [5, 5.41) is 5.67. The topological polar surface area (TPSA) is 66.5 Å². The first kappa shape index (κ1) is 12.6. The van der Waals surface area contributed by atoms with Crippen molar-refractivity contribution in [2.75, 3.05) is 44.1 Å². The van der Waals surface area contributed by atoms with Crippen LogP contribution in [0.3, 0.4) is 0 Å². The maximum atomic E-state index is 11.8. The number of nitrogens with one attached hydrogen (secondary N) is 2. The lowest BCUT2D eigenvalue weighted by atomic mass is 10.2. The van der Waals surface area contributed by atoms with Gasteiger partial charge in [0.05, 0.1) is 13.2 Å². The van der Waals surface area contributed by atoms with Gasteiger partial charge in [0.2, 0.25) is 5.91 Å². The third-order valence-corrected chi connectivity index (χ3v) is 3.01. The molecule has 1 fully saturated rings. The number of pyridine rings is 1. The van der Waals surface area contributed by atoms with Gasteiger partial charge in [-0.15, -0.1) is 0 Å². The van der Waals surface area contributed by atoms with Crippen molar-refractivity contribution >= 4 is 17.4 Å². The Balaban J connectivity index is 2.24. The molecule has 0 saturated carbocycles. The van der Waals surface area contributed by atoms with Crippen molar-refractivity contribution in [3.05, 3.63) is 18.3 Å². The quantitative estimate of drug-likeness (QED) is 0.795. The van der Waals surface area contributed by atoms with Gasteiger partial charge in [0.25, 0.3) is 0 Å². The molecule has 1 unspecified atom stereocenters. The SMILES string of the molecule is CNC(=O)C1COCCN1c1ccnc(NC)c1. The highest BCUT2D eigenvalue weighted by atomic mass is 16.5. The molecule has 98 valence electrons. The fourth-order valence-corrected chi connectivity index (χ4v) is 2.03. The Kier molecular flexibility index (Phi) is 3.99. The molecule has 1 amide bonds. The summed E-state index contributed by atoms with van der Waals surface area (Å²) in [6, 6.07) is 3.56. The summed E-state index contributed by atoms with van der Waals surface area (Å²) in [5.74, 6) is 0.757. The molecule has 6 nitrogen and oxygen atoms in total. The molecule has 0 radical (unpaired) electrons. The molecule has 2 rings (SSSR count). The standard InChI is InChI=1S/C12H18N4O2/c1-13-11-7-9(3-4-15-11)16-5-6-18-8-10(16)12(17)14-2/h3-4,7,10H,5-6,8H2,1-2H3,(H,13,15)(H,14,17). The molecule has 1 aromatic rings. The number of hydrogen-bond acceptors (Lipinski definition) is 5. The first-order valence-electron chi connectivity index (χ1n) is 5.96. The van der Waals surface area contributed by atoms with Gasteiger partial charge in [-0.25, -0.2) is 4.98 Å². The molecule has 1 atom stereocenters. The van der Waals surface area contributed by atoms with Crippen molar-refractivity contribution in [3.8, 4) is 0 Å². The third-order valence-electron chi connectivity index (χ3n) is 3.01. The van der Waals surface area contributed by atoms with Gasteiger partial charge in [-0.3, -0.25) is 4.79 Å². The number of carbonyl (C=O) groups is 1. The summed E-state index contributed by atoms with van der Waals surface area (Å²) < 4.78 is 5.38. The molecule has 0 aliphatic carbocycles. The molecule has 1 saturated heterocycles. The van der Waals surface area contributed by atoms with Gasteiger partial charge < -0.3 is 20.3 Å². The van der Waals surface area contributed by atoms with E-state index in [0.29, 0.717) is 19.8 Å². The van der Waals surface area contributed by atoms with Crippen LogP contribution in [0.2, 0.25) is 0 Å². The van der Waals surface area contributed by atoms with Crippen molar-refractivity contribution in [3.63, 3.8) is 0 Å². The van der Waals surface area contributed by atoms with Crippen molar-refractivity contribution in [2.45, 2.75) is 6.04 Å². The van der Waals surface area contributed by atoms with Crippen molar-refractivity contribution in [1.82, 2.24) is 10.3 Å². The zero-order chi connectivity index (χ0) is 13.0. The predicted molar refractivity (Wildman–Crippen MR) is 69.8 cm³/mol. The summed E-state index contributed by atoms with van der Waals surface area (Å²) in [6.07, 6.45) is 1.73. The number of morpholine rings is 1. The third kappa shape index (κ3) is 2.53. The molecule has 0 aromatic carbocycles. The van der Waals surface area contributed by atoms with Gasteiger partial charge in [-0.2, -0.15) is 0 Å². The van der Waals surface area contributed by atoms with Crippen LogP contribution in [0.25, 0.3) is 0 Å². The fourth-order valence-electron chi connectivity index (χ4n) is 2.03. The van der Waals surface area contributed by atoms with Crippen LogP contribution in [0.15, 0.2) is 18.3 Å². The van der Waals surface area contributed by atoms with Gasteiger partial charge >= 0.3 is 0 Å². The molecule has 1 aliphatic rings. The van der Waals surface area contributed by atoms with Gasteiger partial charge in [0, 0.05) is 38.6 Å². The molecule has 2 N–H and O–H groups in total. The Bertz CT molecular complexity index is 424. The van der Waals surface area contributed by atoms with E-state index in [9.17, 15) is 4.79 Å². The predicted octanol–water partition coefficient (Wildman–Crippen LogP) is 0.0745. The van der Waals surface area contributed by atoms with E-state index in [1.807, 2.05) is 24.1 Å². The molecule has 1 aliphatic heterocycles. The van der Waals surface area contributed by atoms with Crippen LogP contribution in [0.4, 0.5) is 11.5 Å². The van der Waals surface area contributed by atoms with Gasteiger partial charge in [-0.1, -0.05) is 0 Å². The molecule has 1 aromatic heterocycles. The number of hydrogen-bond donors (Lipinski definition) is 2. The second-order valence-electron chi connectivity index (χ2n) is 4.05. The number of ether oxygens (including phenoxy) is 1. The number of nitrogens with zero attached hydrogens (tertiary/aromatic N) is 2. The van der Waals surface area contributed by atoms with E-state index in [2.05, 4.69) is 15.6 Å². The van der Waals surface area contributed by atoms with Crippen molar-refractivity contribution < 1.29 is 9.53 Å². The number of rotatable bonds is 3. The first-order valence-corrected chi connectivity index (χ1v) is 5.96. The Morgan fingerprint density at radius 2 is 2.39 bits per heavy atom. The zero-order valence-electron chi connectivity index (χ0n) is 10.6. The highest BCUT2D eigenvalue weighted by Crippen LogP contribution is 2.21. The van der Waals surface area contributed by atoms with E-state index in [-0.39, 0.29) is 11.9 Å². The van der Waals surface area contributed by atoms with Crippen LogP contribution in [-0.4, -0.2) is 50.8 Å². The minimum Gasteiger partial charge on any atom is -0.377 e. The minimum absolute atomic E-state index is 0.0301. The molecule has 0 spiro atoms. The number of carbonyl (C=O) groups excluding carboxylic acids is 1. The highest BCUT2D eigenvalue weighted by molar-refractivity contribution is 5.85. The van der Waals surface area contributed by atoms with Crippen LogP contribution >= 0.6 is 0 Å². The van der Waals surface area contributed by atoms with E-state index in [4.69, 9.17) is 4.74 Å². The van der Waals surface area contributed by atoms with Crippen LogP contribution in [0.1, 0.15) is 0 Å². The Morgan fingerprint density at radius 3 is 3.11 bits per heavy atom. The Morgan fingerprint density at radius 1 is 1.56 bits per heavy atom. The summed E-state index contributed by atoms with van der Waals surface area (Å²) in [5.41, 5.74) is 0.978. The molecular weight excluding hydrogens is 232 g/mol. The molecule has 6 heteroatoms.